The number of rotatable bonds is 31. The van der Waals surface area contributed by atoms with E-state index in [0.29, 0.717) is 6.42 Å². The van der Waals surface area contributed by atoms with Crippen molar-refractivity contribution in [1.29, 1.82) is 0 Å². The number of hydrogen-bond donors (Lipinski definition) is 2. The number of allylic oxidation sites excluding steroid dienone is 11. The molecule has 0 spiro atoms. The summed E-state index contributed by atoms with van der Waals surface area (Å²) >= 11 is 0. The van der Waals surface area contributed by atoms with E-state index >= 15 is 0 Å². The normalized spacial score (nSPS) is 13.7. The summed E-state index contributed by atoms with van der Waals surface area (Å²) in [7, 11) is 0. The zero-order valence-corrected chi connectivity index (χ0v) is 29.2. The van der Waals surface area contributed by atoms with Crippen LogP contribution in [0.3, 0.4) is 0 Å². The molecule has 0 aromatic rings. The van der Waals surface area contributed by atoms with Crippen LogP contribution < -0.4 is 0 Å². The Bertz CT molecular complexity index is 882. The zero-order valence-electron chi connectivity index (χ0n) is 29.2. The molecule has 0 bridgehead atoms. The largest absolute Gasteiger partial charge is 0.462 e. The lowest BCUT2D eigenvalue weighted by Crippen LogP contribution is -2.28. The van der Waals surface area contributed by atoms with Gasteiger partial charge in [0.25, 0.3) is 0 Å². The van der Waals surface area contributed by atoms with E-state index in [0.717, 1.165) is 51.4 Å². The zero-order chi connectivity index (χ0) is 33.8. The molecule has 6 heteroatoms. The fourth-order valence-corrected chi connectivity index (χ4v) is 4.60. The summed E-state index contributed by atoms with van der Waals surface area (Å²) in [5.74, 6) is -0.879. The molecule has 2 atom stereocenters. The van der Waals surface area contributed by atoms with Crippen molar-refractivity contribution < 1.29 is 29.3 Å². The van der Waals surface area contributed by atoms with Crippen molar-refractivity contribution in [3.05, 3.63) is 72.9 Å². The highest BCUT2D eigenvalue weighted by atomic mass is 16.6. The van der Waals surface area contributed by atoms with Crippen LogP contribution in [-0.2, 0) is 19.1 Å². The van der Waals surface area contributed by atoms with Crippen molar-refractivity contribution in [1.82, 2.24) is 0 Å². The average molecular weight is 643 g/mol. The van der Waals surface area contributed by atoms with Gasteiger partial charge in [0.05, 0.1) is 12.7 Å². The summed E-state index contributed by atoms with van der Waals surface area (Å²) in [5, 5.41) is 19.6. The number of aliphatic hydroxyl groups is 2. The Labute approximate surface area is 281 Å². The Balaban J connectivity index is 3.87. The minimum atomic E-state index is -0.896. The van der Waals surface area contributed by atoms with E-state index in [1.807, 2.05) is 12.2 Å². The van der Waals surface area contributed by atoms with Gasteiger partial charge in [-0.3, -0.25) is 9.59 Å². The summed E-state index contributed by atoms with van der Waals surface area (Å²) < 4.78 is 10.4. The van der Waals surface area contributed by atoms with Crippen molar-refractivity contribution in [3.63, 3.8) is 0 Å². The van der Waals surface area contributed by atoms with Gasteiger partial charge >= 0.3 is 11.9 Å². The molecule has 0 saturated heterocycles. The van der Waals surface area contributed by atoms with Gasteiger partial charge in [-0.15, -0.1) is 0 Å². The highest BCUT2D eigenvalue weighted by Gasteiger charge is 2.17. The lowest BCUT2D eigenvalue weighted by molar-refractivity contribution is -0.161. The summed E-state index contributed by atoms with van der Waals surface area (Å²) in [6.07, 6.45) is 42.9. The van der Waals surface area contributed by atoms with E-state index in [2.05, 4.69) is 62.5 Å². The first-order valence-corrected chi connectivity index (χ1v) is 18.1. The Morgan fingerprint density at radius 1 is 0.609 bits per heavy atom. The van der Waals surface area contributed by atoms with Gasteiger partial charge in [0.2, 0.25) is 0 Å². The number of hydrogen-bond acceptors (Lipinski definition) is 6. The van der Waals surface area contributed by atoms with Gasteiger partial charge < -0.3 is 19.7 Å². The number of ether oxygens (including phenoxy) is 2. The smallest absolute Gasteiger partial charge is 0.306 e. The second-order valence-corrected chi connectivity index (χ2v) is 11.8. The van der Waals surface area contributed by atoms with Crippen LogP contribution in [0.15, 0.2) is 72.9 Å². The fourth-order valence-electron chi connectivity index (χ4n) is 4.60. The first kappa shape index (κ1) is 43.3. The molecule has 0 fully saturated rings. The molecule has 0 aliphatic rings. The number of aliphatic hydroxyl groups excluding tert-OH is 2. The molecule has 0 aliphatic carbocycles. The maximum Gasteiger partial charge on any atom is 0.306 e. The molecule has 0 heterocycles. The predicted octanol–water partition coefficient (Wildman–Crippen LogP) is 9.97. The molecular weight excluding hydrogens is 576 g/mol. The first-order valence-electron chi connectivity index (χ1n) is 18.1. The maximum atomic E-state index is 12.1. The number of unbranched alkanes of at least 4 members (excludes halogenated alkanes) is 11. The average Bonchev–Trinajstić information content (AvgIpc) is 3.05. The molecule has 1 unspecified atom stereocenters. The van der Waals surface area contributed by atoms with Gasteiger partial charge in [0, 0.05) is 12.8 Å². The molecule has 2 N–H and O–H groups in total. The predicted molar refractivity (Wildman–Crippen MR) is 192 cm³/mol. The Morgan fingerprint density at radius 3 is 1.63 bits per heavy atom. The maximum absolute atomic E-state index is 12.1. The Morgan fingerprint density at radius 2 is 1.11 bits per heavy atom. The second kappa shape index (κ2) is 35.2. The molecule has 0 aromatic heterocycles. The topological polar surface area (TPSA) is 93.1 Å². The molecule has 0 radical (unpaired) electrons. The number of esters is 2. The molecular formula is C40H66O6. The van der Waals surface area contributed by atoms with Gasteiger partial charge in [0.1, 0.15) is 6.61 Å². The third-order valence-corrected chi connectivity index (χ3v) is 7.38. The van der Waals surface area contributed by atoms with Crippen molar-refractivity contribution in [2.24, 2.45) is 0 Å². The van der Waals surface area contributed by atoms with Crippen LogP contribution in [0.5, 0.6) is 0 Å². The highest BCUT2D eigenvalue weighted by Crippen LogP contribution is 2.13. The van der Waals surface area contributed by atoms with Crippen LogP contribution in [-0.4, -0.2) is 47.6 Å². The van der Waals surface area contributed by atoms with Crippen LogP contribution in [0.2, 0.25) is 0 Å². The Hall–Kier alpha value is -2.70. The van der Waals surface area contributed by atoms with E-state index < -0.39 is 24.8 Å². The van der Waals surface area contributed by atoms with Crippen molar-refractivity contribution in [2.75, 3.05) is 13.2 Å². The number of carbonyl (C=O) groups excluding carboxylic acids is 2. The van der Waals surface area contributed by atoms with E-state index in [1.54, 1.807) is 12.2 Å². The quantitative estimate of drug-likeness (QED) is 0.0338. The van der Waals surface area contributed by atoms with Crippen LogP contribution >= 0.6 is 0 Å². The van der Waals surface area contributed by atoms with Crippen LogP contribution in [0.25, 0.3) is 0 Å². The minimum absolute atomic E-state index is 0.000473. The molecule has 0 saturated carbocycles. The van der Waals surface area contributed by atoms with Gasteiger partial charge in [-0.2, -0.15) is 0 Å². The number of carbonyl (C=O) groups is 2. The lowest BCUT2D eigenvalue weighted by Gasteiger charge is -2.16. The minimum Gasteiger partial charge on any atom is -0.462 e. The van der Waals surface area contributed by atoms with E-state index in [1.165, 1.54) is 57.8 Å². The van der Waals surface area contributed by atoms with Crippen LogP contribution in [0, 0.1) is 0 Å². The summed E-state index contributed by atoms with van der Waals surface area (Å²) in [4.78, 5) is 24.2. The first-order chi connectivity index (χ1) is 22.5. The monoisotopic (exact) mass is 642 g/mol. The fraction of sp³-hybridized carbons (Fsp3) is 0.650. The standard InChI is InChI=1S/C40H66O6/c1-3-5-7-9-11-13-15-17-18-19-20-21-23-25-27-29-31-37(42)33-34-40(44)46-38(35-41)36-45-39(43)32-30-28-26-24-22-16-14-12-10-8-6-4-2/h5,7,11,13,17-18,20-21,25,27,29,31,37-38,41-42H,3-4,6,8-10,12,14-16,19,22-24,26,28,30,32-36H2,1-2H3/b7-5-,13-11-,18-17-,21-20-,27-25-,31-29-/t37?,38-/m0/s1. The lowest BCUT2D eigenvalue weighted by atomic mass is 10.0. The van der Waals surface area contributed by atoms with Gasteiger partial charge in [-0.25, -0.2) is 0 Å². The van der Waals surface area contributed by atoms with Crippen LogP contribution in [0.1, 0.15) is 142 Å². The van der Waals surface area contributed by atoms with Gasteiger partial charge in [-0.05, 0) is 44.9 Å². The van der Waals surface area contributed by atoms with Crippen molar-refractivity contribution in [3.8, 4) is 0 Å². The molecule has 262 valence electrons. The molecule has 0 aromatic carbocycles. The third kappa shape index (κ3) is 32.7. The Kier molecular flexibility index (Phi) is 33.1. The summed E-state index contributed by atoms with van der Waals surface area (Å²) in [6.45, 7) is 3.79. The van der Waals surface area contributed by atoms with Crippen LogP contribution in [0.4, 0.5) is 0 Å². The molecule has 0 rings (SSSR count). The molecule has 46 heavy (non-hydrogen) atoms. The second-order valence-electron chi connectivity index (χ2n) is 11.8. The van der Waals surface area contributed by atoms with Gasteiger partial charge in [0.15, 0.2) is 6.10 Å². The van der Waals surface area contributed by atoms with E-state index in [-0.39, 0.29) is 25.4 Å². The summed E-state index contributed by atoms with van der Waals surface area (Å²) in [6, 6.07) is 0. The summed E-state index contributed by atoms with van der Waals surface area (Å²) in [5.41, 5.74) is 0. The SMILES string of the molecule is CC/C=C\C/C=C\C/C=C\C/C=C\C/C=C\C=C/C(O)CCC(=O)O[C@@H](CO)COC(=O)CCCCCCCCCCCCCC. The van der Waals surface area contributed by atoms with E-state index in [4.69, 9.17) is 9.47 Å². The third-order valence-electron chi connectivity index (χ3n) is 7.38. The van der Waals surface area contributed by atoms with Crippen molar-refractivity contribution in [2.45, 2.75) is 154 Å². The van der Waals surface area contributed by atoms with Gasteiger partial charge in [-0.1, -0.05) is 157 Å². The molecule has 0 aliphatic heterocycles. The van der Waals surface area contributed by atoms with Crippen molar-refractivity contribution >= 4 is 11.9 Å². The van der Waals surface area contributed by atoms with E-state index in [9.17, 15) is 19.8 Å². The highest BCUT2D eigenvalue weighted by molar-refractivity contribution is 5.70. The molecule has 0 amide bonds. The molecule has 6 nitrogen and oxygen atoms in total.